The quantitative estimate of drug-likeness (QED) is 0.527. The first-order valence-electron chi connectivity index (χ1n) is 10.8. The number of pyridine rings is 1. The van der Waals surface area contributed by atoms with E-state index in [2.05, 4.69) is 21.8 Å². The number of allylic oxidation sites excluding steroid dienone is 1. The Balaban J connectivity index is 1.38. The second-order valence-corrected chi connectivity index (χ2v) is 7.87. The van der Waals surface area contributed by atoms with E-state index >= 15 is 0 Å². The Kier molecular flexibility index (Phi) is 6.48. The first-order valence-corrected chi connectivity index (χ1v) is 10.8. The van der Waals surface area contributed by atoms with Gasteiger partial charge in [-0.1, -0.05) is 36.4 Å². The van der Waals surface area contributed by atoms with Crippen molar-refractivity contribution in [2.45, 2.75) is 32.2 Å². The van der Waals surface area contributed by atoms with Crippen molar-refractivity contribution in [3.05, 3.63) is 78.0 Å². The third-order valence-electron chi connectivity index (χ3n) is 5.85. The van der Waals surface area contributed by atoms with Gasteiger partial charge in [0.1, 0.15) is 5.82 Å². The smallest absolute Gasteiger partial charge is 0.253 e. The number of anilines is 1. The van der Waals surface area contributed by atoms with Crippen molar-refractivity contribution in [2.75, 3.05) is 18.4 Å². The van der Waals surface area contributed by atoms with E-state index in [0.29, 0.717) is 5.70 Å². The number of nitrogens with zero attached hydrogens (tertiary/aromatic N) is 2. The molecule has 3 aromatic rings. The molecular weight excluding hydrogens is 388 g/mol. The summed E-state index contributed by atoms with van der Waals surface area (Å²) in [6.45, 7) is 3.34. The fraction of sp³-hybridized carbons (Fsp3) is 0.280. The van der Waals surface area contributed by atoms with Gasteiger partial charge in [0.15, 0.2) is 0 Å². The van der Waals surface area contributed by atoms with Crippen LogP contribution in [-0.2, 0) is 0 Å². The lowest BCUT2D eigenvalue weighted by Gasteiger charge is -2.21. The summed E-state index contributed by atoms with van der Waals surface area (Å²) in [6, 6.07) is 18.2. The average Bonchev–Trinajstić information content (AvgIpc) is 3.06. The summed E-state index contributed by atoms with van der Waals surface area (Å²) in [5.74, 6) is 0.903. The number of hydrogen-bond acceptors (Lipinski definition) is 5. The zero-order chi connectivity index (χ0) is 21.6. The van der Waals surface area contributed by atoms with Crippen LogP contribution < -0.4 is 10.8 Å². The maximum absolute atomic E-state index is 13.1. The van der Waals surface area contributed by atoms with Crippen molar-refractivity contribution < 1.29 is 10.0 Å². The van der Waals surface area contributed by atoms with E-state index in [0.717, 1.165) is 60.1 Å². The summed E-state index contributed by atoms with van der Waals surface area (Å²) in [4.78, 5) is 19.5. The number of amides is 1. The van der Waals surface area contributed by atoms with Crippen LogP contribution in [0.3, 0.4) is 0 Å². The van der Waals surface area contributed by atoms with Crippen molar-refractivity contribution >= 4 is 28.2 Å². The van der Waals surface area contributed by atoms with Crippen LogP contribution in [0.5, 0.6) is 0 Å². The van der Waals surface area contributed by atoms with Crippen molar-refractivity contribution in [1.82, 2.24) is 15.4 Å². The van der Waals surface area contributed by atoms with Gasteiger partial charge < -0.3 is 10.2 Å². The molecule has 0 aliphatic carbocycles. The van der Waals surface area contributed by atoms with Crippen LogP contribution in [0.1, 0.15) is 42.1 Å². The fourth-order valence-electron chi connectivity index (χ4n) is 4.09. The molecule has 0 bridgehead atoms. The van der Waals surface area contributed by atoms with Gasteiger partial charge in [0.05, 0.1) is 5.70 Å². The van der Waals surface area contributed by atoms with E-state index in [-0.39, 0.29) is 11.9 Å². The largest absolute Gasteiger partial charge is 0.367 e. The molecule has 1 aliphatic rings. The van der Waals surface area contributed by atoms with Crippen molar-refractivity contribution in [1.29, 1.82) is 0 Å². The van der Waals surface area contributed by atoms with Crippen LogP contribution in [0.15, 0.2) is 66.9 Å². The Morgan fingerprint density at radius 2 is 1.87 bits per heavy atom. The number of rotatable bonds is 5. The molecular formula is C25H28N4O2. The van der Waals surface area contributed by atoms with E-state index in [4.69, 9.17) is 5.21 Å². The van der Waals surface area contributed by atoms with Gasteiger partial charge in [-0.3, -0.25) is 15.5 Å². The molecule has 1 aliphatic heterocycles. The summed E-state index contributed by atoms with van der Waals surface area (Å²) in [6.07, 6.45) is 6.33. The number of likely N-dealkylation sites (tertiary alicyclic amines) is 1. The molecule has 0 spiro atoms. The van der Waals surface area contributed by atoms with E-state index in [1.165, 1.54) is 0 Å². The van der Waals surface area contributed by atoms with Crippen molar-refractivity contribution in [2.24, 2.45) is 0 Å². The van der Waals surface area contributed by atoms with Crippen molar-refractivity contribution in [3.63, 3.8) is 0 Å². The number of hydroxylamine groups is 1. The first kappa shape index (κ1) is 20.9. The maximum atomic E-state index is 13.1. The van der Waals surface area contributed by atoms with Gasteiger partial charge in [-0.15, -0.1) is 0 Å². The predicted molar refractivity (Wildman–Crippen MR) is 124 cm³/mol. The molecule has 6 nitrogen and oxygen atoms in total. The number of hydrogen-bond donors (Lipinski definition) is 3. The Morgan fingerprint density at radius 3 is 2.61 bits per heavy atom. The molecule has 4 rings (SSSR count). The lowest BCUT2D eigenvalue weighted by Crippen LogP contribution is -2.32. The molecule has 1 aromatic heterocycles. The van der Waals surface area contributed by atoms with Gasteiger partial charge >= 0.3 is 0 Å². The first-order chi connectivity index (χ1) is 15.2. The van der Waals surface area contributed by atoms with Crippen LogP contribution in [0.4, 0.5) is 5.82 Å². The highest BCUT2D eigenvalue weighted by molar-refractivity contribution is 5.98. The fourth-order valence-corrected chi connectivity index (χ4v) is 4.09. The summed E-state index contributed by atoms with van der Waals surface area (Å²) in [5, 5.41) is 14.9. The van der Waals surface area contributed by atoms with Gasteiger partial charge in [0.25, 0.3) is 5.91 Å². The zero-order valence-corrected chi connectivity index (χ0v) is 17.7. The highest BCUT2D eigenvalue weighted by Gasteiger charge is 2.22. The predicted octanol–water partition coefficient (Wildman–Crippen LogP) is 4.68. The van der Waals surface area contributed by atoms with E-state index in [1.54, 1.807) is 12.3 Å². The molecule has 2 heterocycles. The molecule has 6 heteroatoms. The summed E-state index contributed by atoms with van der Waals surface area (Å²) in [7, 11) is 0. The molecule has 1 unspecified atom stereocenters. The minimum Gasteiger partial charge on any atom is -0.367 e. The third-order valence-corrected chi connectivity index (χ3v) is 5.85. The molecule has 2 aromatic carbocycles. The Morgan fingerprint density at radius 1 is 1.06 bits per heavy atom. The summed E-state index contributed by atoms with van der Waals surface area (Å²) in [5.41, 5.74) is 4.37. The SMILES string of the molecule is C/C=C(\NO)c1ccc(NC2CCCN(C(=O)c3ccc4ccccc4c3)CC2)nc1. The standard InChI is InChI=1S/C25H28N4O2/c1-2-23(28-31)21-11-12-24(26-17-21)27-22-8-5-14-29(15-13-22)25(30)20-10-9-18-6-3-4-7-19(18)16-20/h2-4,6-7,9-12,16-17,22,28,31H,5,8,13-15H2,1H3,(H,26,27)/b23-2-. The normalized spacial score (nSPS) is 17.3. The van der Waals surface area contributed by atoms with Crippen LogP contribution in [-0.4, -0.2) is 40.1 Å². The van der Waals surface area contributed by atoms with E-state index < -0.39 is 0 Å². The zero-order valence-electron chi connectivity index (χ0n) is 17.7. The number of benzene rings is 2. The molecule has 1 atom stereocenters. The third kappa shape index (κ3) is 4.86. The van der Waals surface area contributed by atoms with Crippen LogP contribution in [0.2, 0.25) is 0 Å². The van der Waals surface area contributed by atoms with Gasteiger partial charge in [0, 0.05) is 36.5 Å². The highest BCUT2D eigenvalue weighted by atomic mass is 16.5. The number of carbonyl (C=O) groups is 1. The van der Waals surface area contributed by atoms with Crippen LogP contribution in [0, 0.1) is 0 Å². The van der Waals surface area contributed by atoms with Crippen LogP contribution in [0.25, 0.3) is 16.5 Å². The van der Waals surface area contributed by atoms with E-state index in [1.807, 2.05) is 60.4 Å². The summed E-state index contributed by atoms with van der Waals surface area (Å²) >= 11 is 0. The number of fused-ring (bicyclic) bond motifs is 1. The summed E-state index contributed by atoms with van der Waals surface area (Å²) < 4.78 is 0. The number of carbonyl (C=O) groups excluding carboxylic acids is 1. The maximum Gasteiger partial charge on any atom is 0.253 e. The lowest BCUT2D eigenvalue weighted by molar-refractivity contribution is 0.0761. The van der Waals surface area contributed by atoms with Gasteiger partial charge in [-0.2, -0.15) is 0 Å². The highest BCUT2D eigenvalue weighted by Crippen LogP contribution is 2.21. The van der Waals surface area contributed by atoms with E-state index in [9.17, 15) is 4.79 Å². The monoisotopic (exact) mass is 416 g/mol. The second-order valence-electron chi connectivity index (χ2n) is 7.87. The minimum absolute atomic E-state index is 0.101. The number of aromatic nitrogens is 1. The molecule has 0 saturated carbocycles. The second kappa shape index (κ2) is 9.62. The Bertz CT molecular complexity index is 1080. The Labute approximate surface area is 182 Å². The Hall–Kier alpha value is -3.38. The molecule has 1 saturated heterocycles. The van der Waals surface area contributed by atoms with Gasteiger partial charge in [-0.25, -0.2) is 4.98 Å². The minimum atomic E-state index is 0.101. The molecule has 160 valence electrons. The molecule has 31 heavy (non-hydrogen) atoms. The van der Waals surface area contributed by atoms with Gasteiger partial charge in [-0.05, 0) is 61.2 Å². The average molecular weight is 417 g/mol. The topological polar surface area (TPSA) is 77.5 Å². The molecule has 3 N–H and O–H groups in total. The molecule has 1 amide bonds. The molecule has 1 fully saturated rings. The van der Waals surface area contributed by atoms with Gasteiger partial charge in [0.2, 0.25) is 0 Å². The molecule has 0 radical (unpaired) electrons. The van der Waals surface area contributed by atoms with Crippen LogP contribution >= 0.6 is 0 Å². The van der Waals surface area contributed by atoms with Crippen molar-refractivity contribution in [3.8, 4) is 0 Å². The lowest BCUT2D eigenvalue weighted by atomic mass is 10.1. The number of nitrogens with one attached hydrogen (secondary N) is 2.